The quantitative estimate of drug-likeness (QED) is 0.566. The maximum atomic E-state index is 13.1. The van der Waals surface area contributed by atoms with Gasteiger partial charge in [-0.15, -0.1) is 0 Å². The van der Waals surface area contributed by atoms with E-state index < -0.39 is 16.1 Å². The van der Waals surface area contributed by atoms with E-state index in [9.17, 15) is 18.0 Å². The Morgan fingerprint density at radius 3 is 2.28 bits per heavy atom. The third kappa shape index (κ3) is 6.97. The van der Waals surface area contributed by atoms with Crippen LogP contribution in [0.2, 0.25) is 5.02 Å². The van der Waals surface area contributed by atoms with Gasteiger partial charge in [-0.2, -0.15) is 0 Å². The molecule has 0 aliphatic rings. The number of sulfonamides is 1. The van der Waals surface area contributed by atoms with E-state index in [-0.39, 0.29) is 31.3 Å². The number of benzene rings is 2. The predicted molar refractivity (Wildman–Crippen MR) is 128 cm³/mol. The zero-order chi connectivity index (χ0) is 23.9. The number of halogens is 1. The number of nitrogens with zero attached hydrogens (tertiary/aromatic N) is 2. The lowest BCUT2D eigenvalue weighted by molar-refractivity contribution is -0.140. The van der Waals surface area contributed by atoms with Crippen LogP contribution in [0.15, 0.2) is 48.5 Å². The van der Waals surface area contributed by atoms with E-state index >= 15 is 0 Å². The van der Waals surface area contributed by atoms with E-state index in [1.54, 1.807) is 31.2 Å². The van der Waals surface area contributed by atoms with Gasteiger partial charge < -0.3 is 10.2 Å². The number of rotatable bonds is 10. The largest absolute Gasteiger partial charge is 0.357 e. The molecule has 0 unspecified atom stereocenters. The summed E-state index contributed by atoms with van der Waals surface area (Å²) < 4.78 is 26.1. The Morgan fingerprint density at radius 1 is 1.09 bits per heavy atom. The highest BCUT2D eigenvalue weighted by molar-refractivity contribution is 7.92. The van der Waals surface area contributed by atoms with E-state index in [2.05, 4.69) is 5.32 Å². The third-order valence-corrected chi connectivity index (χ3v) is 6.65. The molecule has 174 valence electrons. The molecule has 7 nitrogen and oxygen atoms in total. The number of nitrogens with one attached hydrogen (secondary N) is 1. The fourth-order valence-electron chi connectivity index (χ4n) is 3.40. The molecule has 0 aliphatic carbocycles. The highest BCUT2D eigenvalue weighted by Crippen LogP contribution is 2.23. The van der Waals surface area contributed by atoms with E-state index in [1.807, 2.05) is 31.2 Å². The molecule has 0 aliphatic heterocycles. The first kappa shape index (κ1) is 25.7. The number of amides is 2. The summed E-state index contributed by atoms with van der Waals surface area (Å²) in [4.78, 5) is 26.8. The zero-order valence-corrected chi connectivity index (χ0v) is 20.4. The normalized spacial score (nSPS) is 12.2. The van der Waals surface area contributed by atoms with Gasteiger partial charge in [-0.25, -0.2) is 8.42 Å². The van der Waals surface area contributed by atoms with Gasteiger partial charge in [-0.3, -0.25) is 13.9 Å². The minimum atomic E-state index is -3.51. The summed E-state index contributed by atoms with van der Waals surface area (Å²) in [6, 6.07) is 13.6. The van der Waals surface area contributed by atoms with E-state index in [0.717, 1.165) is 17.4 Å². The lowest BCUT2D eigenvalue weighted by Gasteiger charge is -2.29. The third-order valence-electron chi connectivity index (χ3n) is 5.22. The fourth-order valence-corrected chi connectivity index (χ4v) is 4.55. The Hall–Kier alpha value is -2.58. The number of likely N-dealkylation sites (N-methyl/N-ethyl adjacent to an activating group) is 1. The van der Waals surface area contributed by atoms with Crippen molar-refractivity contribution in [3.63, 3.8) is 0 Å². The predicted octanol–water partition coefficient (Wildman–Crippen LogP) is 3.36. The highest BCUT2D eigenvalue weighted by atomic mass is 35.5. The van der Waals surface area contributed by atoms with Crippen LogP contribution in [0.5, 0.6) is 0 Å². The van der Waals surface area contributed by atoms with Crippen LogP contribution in [-0.4, -0.2) is 51.0 Å². The molecule has 0 heterocycles. The first-order valence-electron chi connectivity index (χ1n) is 10.3. The van der Waals surface area contributed by atoms with Crippen molar-refractivity contribution in [3.8, 4) is 0 Å². The van der Waals surface area contributed by atoms with Gasteiger partial charge in [0.15, 0.2) is 0 Å². The molecule has 0 radical (unpaired) electrons. The Balaban J connectivity index is 2.14. The van der Waals surface area contributed by atoms with Gasteiger partial charge in [0.2, 0.25) is 21.8 Å². The van der Waals surface area contributed by atoms with Gasteiger partial charge in [-0.05, 0) is 49.6 Å². The van der Waals surface area contributed by atoms with Gasteiger partial charge >= 0.3 is 0 Å². The average molecular weight is 480 g/mol. The van der Waals surface area contributed by atoms with E-state index in [4.69, 9.17) is 11.6 Å². The van der Waals surface area contributed by atoms with Gasteiger partial charge in [0, 0.05) is 31.6 Å². The number of carbonyl (C=O) groups excluding carboxylic acids is 2. The molecule has 0 bridgehead atoms. The Labute approximate surface area is 195 Å². The van der Waals surface area contributed by atoms with Crippen LogP contribution in [0.1, 0.15) is 30.9 Å². The van der Waals surface area contributed by atoms with Crippen LogP contribution >= 0.6 is 11.6 Å². The van der Waals surface area contributed by atoms with Crippen LogP contribution in [-0.2, 0) is 26.2 Å². The minimum absolute atomic E-state index is 0.104. The molecular formula is C23H30ClN3O4S. The molecule has 2 amide bonds. The molecule has 1 N–H and O–H groups in total. The monoisotopic (exact) mass is 479 g/mol. The molecule has 0 saturated heterocycles. The molecule has 0 spiro atoms. The van der Waals surface area contributed by atoms with Crippen molar-refractivity contribution >= 4 is 39.1 Å². The van der Waals surface area contributed by atoms with Crippen LogP contribution in [0.3, 0.4) is 0 Å². The second-order valence-electron chi connectivity index (χ2n) is 7.66. The molecule has 9 heteroatoms. The molecule has 0 fully saturated rings. The second-order valence-corrected chi connectivity index (χ2v) is 10.0. The first-order valence-corrected chi connectivity index (χ1v) is 12.6. The standard InChI is InChI=1S/C23H30ClN3O4S/c1-17-8-5-6-9-21(17)27(32(4,30)31)15-7-10-22(28)26(18(2)23(29)25-3)16-19-11-13-20(24)14-12-19/h5-6,8-9,11-14,18H,7,10,15-16H2,1-4H3,(H,25,29)/t18-/m1/s1. The van der Waals surface area contributed by atoms with Crippen molar-refractivity contribution in [3.05, 3.63) is 64.7 Å². The summed E-state index contributed by atoms with van der Waals surface area (Å²) in [5.74, 6) is -0.501. The lowest BCUT2D eigenvalue weighted by atomic mass is 10.1. The van der Waals surface area contributed by atoms with Crippen LogP contribution < -0.4 is 9.62 Å². The van der Waals surface area contributed by atoms with Crippen LogP contribution in [0.25, 0.3) is 0 Å². The van der Waals surface area contributed by atoms with Gasteiger partial charge in [0.1, 0.15) is 6.04 Å². The number of anilines is 1. The molecule has 0 saturated carbocycles. The average Bonchev–Trinajstić information content (AvgIpc) is 2.75. The summed E-state index contributed by atoms with van der Waals surface area (Å²) in [6.45, 7) is 3.93. The summed E-state index contributed by atoms with van der Waals surface area (Å²) in [5, 5.41) is 3.16. The number of carbonyl (C=O) groups is 2. The molecule has 32 heavy (non-hydrogen) atoms. The maximum absolute atomic E-state index is 13.1. The smallest absolute Gasteiger partial charge is 0.242 e. The number of aryl methyl sites for hydroxylation is 1. The van der Waals surface area contributed by atoms with Crippen molar-refractivity contribution in [2.24, 2.45) is 0 Å². The van der Waals surface area contributed by atoms with Crippen molar-refractivity contribution in [1.82, 2.24) is 10.2 Å². The summed E-state index contributed by atoms with van der Waals surface area (Å²) in [7, 11) is -1.99. The molecule has 0 aromatic heterocycles. The van der Waals surface area contributed by atoms with Gasteiger partial charge in [0.25, 0.3) is 0 Å². The van der Waals surface area contributed by atoms with Crippen molar-refractivity contribution in [1.29, 1.82) is 0 Å². The van der Waals surface area contributed by atoms with Crippen LogP contribution in [0, 0.1) is 6.92 Å². The van der Waals surface area contributed by atoms with Crippen molar-refractivity contribution < 1.29 is 18.0 Å². The first-order chi connectivity index (χ1) is 15.0. The second kappa shape index (κ2) is 11.3. The van der Waals surface area contributed by atoms with Gasteiger partial charge in [-0.1, -0.05) is 41.9 Å². The molecule has 2 aromatic rings. The Bertz CT molecular complexity index is 1040. The SMILES string of the molecule is CNC(=O)[C@@H](C)N(Cc1ccc(Cl)cc1)C(=O)CCCN(c1ccccc1C)S(C)(=O)=O. The molecule has 2 rings (SSSR count). The number of para-hydroxylation sites is 1. The molecule has 2 aromatic carbocycles. The molecular weight excluding hydrogens is 450 g/mol. The van der Waals surface area contributed by atoms with E-state index in [1.165, 1.54) is 16.3 Å². The summed E-state index contributed by atoms with van der Waals surface area (Å²) >= 11 is 5.94. The highest BCUT2D eigenvalue weighted by Gasteiger charge is 2.26. The van der Waals surface area contributed by atoms with Crippen LogP contribution in [0.4, 0.5) is 5.69 Å². The maximum Gasteiger partial charge on any atom is 0.242 e. The zero-order valence-electron chi connectivity index (χ0n) is 18.8. The van der Waals surface area contributed by atoms with Crippen molar-refractivity contribution in [2.45, 2.75) is 39.3 Å². The topological polar surface area (TPSA) is 86.8 Å². The Morgan fingerprint density at radius 2 is 1.72 bits per heavy atom. The summed E-state index contributed by atoms with van der Waals surface area (Å²) in [6.07, 6.45) is 1.58. The number of hydrogen-bond acceptors (Lipinski definition) is 4. The minimum Gasteiger partial charge on any atom is -0.357 e. The van der Waals surface area contributed by atoms with Crippen molar-refractivity contribution in [2.75, 3.05) is 24.2 Å². The molecule has 1 atom stereocenters. The summed E-state index contributed by atoms with van der Waals surface area (Å²) in [5.41, 5.74) is 2.28. The van der Waals surface area contributed by atoms with Gasteiger partial charge in [0.05, 0.1) is 11.9 Å². The fraction of sp³-hybridized carbons (Fsp3) is 0.391. The van der Waals surface area contributed by atoms with E-state index in [0.29, 0.717) is 17.1 Å². The lowest BCUT2D eigenvalue weighted by Crippen LogP contribution is -2.46. The number of hydrogen-bond donors (Lipinski definition) is 1. The Kier molecular flexibility index (Phi) is 9.09.